The molecular weight excluding hydrogens is 518 g/mol. The van der Waals surface area contributed by atoms with Crippen molar-refractivity contribution in [2.45, 2.75) is 18.9 Å². The number of nitrogens with one attached hydrogen (secondary N) is 1. The zero-order valence-corrected chi connectivity index (χ0v) is 22.9. The quantitative estimate of drug-likeness (QED) is 0.313. The molecule has 0 radical (unpaired) electrons. The van der Waals surface area contributed by atoms with Gasteiger partial charge in [-0.3, -0.25) is 9.59 Å². The first-order valence-electron chi connectivity index (χ1n) is 12.4. The number of nitrogens with zero attached hydrogens (tertiary/aromatic N) is 2. The van der Waals surface area contributed by atoms with Crippen LogP contribution in [0, 0.1) is 5.92 Å². The van der Waals surface area contributed by atoms with Gasteiger partial charge in [0.15, 0.2) is 16.6 Å². The molecule has 9 nitrogen and oxygen atoms in total. The van der Waals surface area contributed by atoms with E-state index in [1.807, 2.05) is 42.5 Å². The molecule has 2 heterocycles. The fraction of sp³-hybridized carbons (Fsp3) is 0.276. The summed E-state index contributed by atoms with van der Waals surface area (Å²) in [6, 6.07) is 17.7. The number of thiazole rings is 1. The van der Waals surface area contributed by atoms with Gasteiger partial charge in [-0.15, -0.1) is 0 Å². The average Bonchev–Trinajstić information content (AvgIpc) is 3.37. The highest BCUT2D eigenvalue weighted by molar-refractivity contribution is 7.22. The van der Waals surface area contributed by atoms with Gasteiger partial charge >= 0.3 is 0 Å². The van der Waals surface area contributed by atoms with Gasteiger partial charge in [0.05, 0.1) is 50.6 Å². The molecule has 0 saturated carbocycles. The molecule has 2 atom stereocenters. The van der Waals surface area contributed by atoms with Crippen molar-refractivity contribution in [3.8, 4) is 23.0 Å². The lowest BCUT2D eigenvalue weighted by atomic mass is 9.83. The Morgan fingerprint density at radius 2 is 1.62 bits per heavy atom. The molecule has 202 valence electrons. The van der Waals surface area contributed by atoms with E-state index in [0.717, 1.165) is 21.5 Å². The van der Waals surface area contributed by atoms with Gasteiger partial charge in [0.25, 0.3) is 0 Å². The van der Waals surface area contributed by atoms with Crippen molar-refractivity contribution in [1.82, 2.24) is 4.98 Å². The highest BCUT2D eigenvalue weighted by Crippen LogP contribution is 2.43. The number of anilines is 2. The van der Waals surface area contributed by atoms with Gasteiger partial charge in [0, 0.05) is 12.1 Å². The monoisotopic (exact) mass is 547 g/mol. The van der Waals surface area contributed by atoms with E-state index >= 15 is 0 Å². The second kappa shape index (κ2) is 11.2. The molecule has 0 spiro atoms. The van der Waals surface area contributed by atoms with Crippen LogP contribution in [0.15, 0.2) is 60.7 Å². The van der Waals surface area contributed by atoms with Crippen LogP contribution in [0.3, 0.4) is 0 Å². The number of methoxy groups -OCH3 is 4. The van der Waals surface area contributed by atoms with Crippen molar-refractivity contribution in [1.29, 1.82) is 0 Å². The molecule has 5 rings (SSSR count). The summed E-state index contributed by atoms with van der Waals surface area (Å²) >= 11 is 1.37. The molecule has 4 aromatic rings. The van der Waals surface area contributed by atoms with Crippen LogP contribution in [0.5, 0.6) is 23.0 Å². The van der Waals surface area contributed by atoms with E-state index < -0.39 is 12.0 Å². The minimum Gasteiger partial charge on any atom is -0.497 e. The maximum absolute atomic E-state index is 13.8. The molecule has 1 aliphatic rings. The first-order valence-corrected chi connectivity index (χ1v) is 13.2. The summed E-state index contributed by atoms with van der Waals surface area (Å²) in [5.74, 6) is 1.63. The predicted octanol–water partition coefficient (Wildman–Crippen LogP) is 5.45. The molecular formula is C29H29N3O6S. The second-order valence-electron chi connectivity index (χ2n) is 9.01. The molecule has 1 fully saturated rings. The van der Waals surface area contributed by atoms with Crippen molar-refractivity contribution < 1.29 is 28.5 Å². The Balaban J connectivity index is 1.54. The Hall–Kier alpha value is -4.31. The summed E-state index contributed by atoms with van der Waals surface area (Å²) in [5.41, 5.74) is 2.20. The highest BCUT2D eigenvalue weighted by atomic mass is 32.1. The van der Waals surface area contributed by atoms with Gasteiger partial charge in [-0.2, -0.15) is 0 Å². The van der Waals surface area contributed by atoms with E-state index in [2.05, 4.69) is 10.3 Å². The second-order valence-corrected chi connectivity index (χ2v) is 10.0. The summed E-state index contributed by atoms with van der Waals surface area (Å²) < 4.78 is 22.5. The Morgan fingerprint density at radius 1 is 0.897 bits per heavy atom. The van der Waals surface area contributed by atoms with Crippen LogP contribution in [-0.4, -0.2) is 45.2 Å². The fourth-order valence-corrected chi connectivity index (χ4v) is 5.81. The number of piperidine rings is 1. The molecule has 0 aliphatic carbocycles. The van der Waals surface area contributed by atoms with E-state index in [1.54, 1.807) is 51.5 Å². The van der Waals surface area contributed by atoms with Crippen LogP contribution in [-0.2, 0) is 9.59 Å². The fourth-order valence-electron chi connectivity index (χ4n) is 4.92. The summed E-state index contributed by atoms with van der Waals surface area (Å²) in [4.78, 5) is 33.5. The number of ether oxygens (including phenoxy) is 4. The molecule has 1 N–H and O–H groups in total. The lowest BCUT2D eigenvalue weighted by molar-refractivity contribution is -0.125. The molecule has 0 unspecified atom stereocenters. The largest absolute Gasteiger partial charge is 0.497 e. The third-order valence-electron chi connectivity index (χ3n) is 6.86. The number of hydrogen-bond donors (Lipinski definition) is 1. The molecule has 10 heteroatoms. The SMILES string of the molecule is COc1ccc(N2C(=O)CC[C@H](C(=O)Nc3nc4ccc(OC)cc4s3)[C@H]2c2ccc(OC)c(OC)c2)cc1. The zero-order chi connectivity index (χ0) is 27.5. The lowest BCUT2D eigenvalue weighted by Gasteiger charge is -2.41. The van der Waals surface area contributed by atoms with Crippen molar-refractivity contribution >= 4 is 44.2 Å². The normalized spacial score (nSPS) is 17.1. The summed E-state index contributed by atoms with van der Waals surface area (Å²) in [7, 11) is 6.32. The van der Waals surface area contributed by atoms with Crippen LogP contribution in [0.1, 0.15) is 24.4 Å². The number of aromatic nitrogens is 1. The van der Waals surface area contributed by atoms with Gasteiger partial charge in [-0.1, -0.05) is 17.4 Å². The van der Waals surface area contributed by atoms with E-state index in [0.29, 0.717) is 34.5 Å². The van der Waals surface area contributed by atoms with Gasteiger partial charge < -0.3 is 29.2 Å². The maximum atomic E-state index is 13.8. The molecule has 1 saturated heterocycles. The van der Waals surface area contributed by atoms with Crippen LogP contribution >= 0.6 is 11.3 Å². The Bertz CT molecular complexity index is 1500. The van der Waals surface area contributed by atoms with Crippen LogP contribution in [0.2, 0.25) is 0 Å². The lowest BCUT2D eigenvalue weighted by Crippen LogP contribution is -2.47. The third-order valence-corrected chi connectivity index (χ3v) is 7.79. The molecule has 0 bridgehead atoms. The van der Waals surface area contributed by atoms with Crippen LogP contribution in [0.4, 0.5) is 10.8 Å². The number of amides is 2. The Kier molecular flexibility index (Phi) is 7.56. The molecule has 39 heavy (non-hydrogen) atoms. The maximum Gasteiger partial charge on any atom is 0.231 e. The average molecular weight is 548 g/mol. The van der Waals surface area contributed by atoms with Crippen molar-refractivity contribution in [2.24, 2.45) is 5.92 Å². The number of carbonyl (C=O) groups excluding carboxylic acids is 2. The number of carbonyl (C=O) groups is 2. The van der Waals surface area contributed by atoms with Crippen molar-refractivity contribution in [3.05, 3.63) is 66.2 Å². The molecule has 2 amide bonds. The zero-order valence-electron chi connectivity index (χ0n) is 22.1. The number of hydrogen-bond acceptors (Lipinski definition) is 8. The van der Waals surface area contributed by atoms with Crippen LogP contribution in [0.25, 0.3) is 10.2 Å². The first kappa shape index (κ1) is 26.3. The first-order chi connectivity index (χ1) is 18.9. The molecule has 1 aromatic heterocycles. The van der Waals surface area contributed by atoms with Gasteiger partial charge in [0.1, 0.15) is 11.5 Å². The molecule has 1 aliphatic heterocycles. The van der Waals surface area contributed by atoms with Gasteiger partial charge in [-0.05, 0) is 66.6 Å². The highest BCUT2D eigenvalue weighted by Gasteiger charge is 2.42. The van der Waals surface area contributed by atoms with E-state index in [-0.39, 0.29) is 18.2 Å². The van der Waals surface area contributed by atoms with E-state index in [4.69, 9.17) is 18.9 Å². The minimum atomic E-state index is -0.589. The molecule has 3 aromatic carbocycles. The smallest absolute Gasteiger partial charge is 0.231 e. The number of rotatable bonds is 8. The minimum absolute atomic E-state index is 0.0731. The summed E-state index contributed by atoms with van der Waals surface area (Å²) in [5, 5.41) is 3.50. The predicted molar refractivity (Wildman–Crippen MR) is 150 cm³/mol. The van der Waals surface area contributed by atoms with Crippen molar-refractivity contribution in [2.75, 3.05) is 38.7 Å². The number of fused-ring (bicyclic) bond motifs is 1. The topological polar surface area (TPSA) is 99.2 Å². The van der Waals surface area contributed by atoms with E-state index in [9.17, 15) is 9.59 Å². The van der Waals surface area contributed by atoms with Gasteiger partial charge in [0.2, 0.25) is 11.8 Å². The van der Waals surface area contributed by atoms with Crippen LogP contribution < -0.4 is 29.2 Å². The summed E-state index contributed by atoms with van der Waals surface area (Å²) in [6.07, 6.45) is 0.611. The Morgan fingerprint density at radius 3 is 2.31 bits per heavy atom. The number of benzene rings is 3. The van der Waals surface area contributed by atoms with E-state index in [1.165, 1.54) is 11.3 Å². The van der Waals surface area contributed by atoms with Gasteiger partial charge in [-0.25, -0.2) is 4.98 Å². The standard InChI is InChI=1S/C29H29N3O6S/c1-35-19-8-6-18(7-9-19)32-26(33)14-11-21(27(32)17-5-13-23(37-3)24(15-17)38-4)28(34)31-29-30-22-12-10-20(36-2)16-25(22)39-29/h5-10,12-13,15-16,21,27H,11,14H2,1-4H3,(H,30,31,34)/t21-,27+/m0/s1. The van der Waals surface area contributed by atoms with Crippen molar-refractivity contribution in [3.63, 3.8) is 0 Å². The Labute approximate surface area is 230 Å². The summed E-state index contributed by atoms with van der Waals surface area (Å²) in [6.45, 7) is 0. The third kappa shape index (κ3) is 5.20.